The van der Waals surface area contributed by atoms with Crippen molar-refractivity contribution in [2.45, 2.75) is 31.3 Å². The number of hydrogen-bond acceptors (Lipinski definition) is 3. The van der Waals surface area contributed by atoms with E-state index in [-0.39, 0.29) is 19.1 Å². The summed E-state index contributed by atoms with van der Waals surface area (Å²) in [5, 5.41) is 20.6. The number of carboxylic acids is 1. The number of nitrogens with zero attached hydrogens (tertiary/aromatic N) is 1. The number of aliphatic carboxylic acids is 1. The predicted octanol–water partition coefficient (Wildman–Crippen LogP) is 1.04. The second-order valence-electron chi connectivity index (χ2n) is 4.56. The van der Waals surface area contributed by atoms with Gasteiger partial charge in [-0.15, -0.1) is 0 Å². The van der Waals surface area contributed by atoms with Crippen molar-refractivity contribution in [3.8, 4) is 0 Å². The lowest BCUT2D eigenvalue weighted by molar-refractivity contribution is -0.139. The first kappa shape index (κ1) is 13.9. The molecule has 0 aliphatic heterocycles. The van der Waals surface area contributed by atoms with Gasteiger partial charge < -0.3 is 20.1 Å². The summed E-state index contributed by atoms with van der Waals surface area (Å²) in [5.74, 6) is -1.65. The molecule has 2 rings (SSSR count). The maximum Gasteiger partial charge on any atom is 0.326 e. The van der Waals surface area contributed by atoms with Gasteiger partial charge in [0, 0.05) is 25.3 Å². The number of nitrogens with one attached hydrogen (secondary N) is 1. The topological polar surface area (TPSA) is 91.6 Å². The number of carbonyl (C=O) groups excluding carboxylic acids is 1. The molecule has 7 heteroatoms. The molecular weight excluding hydrogens is 272 g/mol. The van der Waals surface area contributed by atoms with Gasteiger partial charge in [-0.05, 0) is 18.9 Å². The van der Waals surface area contributed by atoms with Gasteiger partial charge in [-0.2, -0.15) is 0 Å². The van der Waals surface area contributed by atoms with E-state index >= 15 is 0 Å². The minimum absolute atomic E-state index is 0.0288. The number of carboxylic acid groups (broad SMARTS) is 1. The summed E-state index contributed by atoms with van der Waals surface area (Å²) in [4.78, 5) is 23.0. The van der Waals surface area contributed by atoms with Crippen LogP contribution < -0.4 is 5.32 Å². The first-order valence-electron chi connectivity index (χ1n) is 6.05. The SMILES string of the molecule is O=C(N[C@H](CCO)C(=O)O)c1cc(Cl)cn1C1CC1. The zero-order valence-corrected chi connectivity index (χ0v) is 10.9. The van der Waals surface area contributed by atoms with E-state index in [2.05, 4.69) is 5.32 Å². The van der Waals surface area contributed by atoms with E-state index in [1.807, 2.05) is 0 Å². The molecule has 0 spiro atoms. The molecule has 0 radical (unpaired) electrons. The van der Waals surface area contributed by atoms with Crippen LogP contribution in [-0.2, 0) is 4.79 Å². The molecule has 1 atom stereocenters. The van der Waals surface area contributed by atoms with Crippen LogP contribution >= 0.6 is 11.6 Å². The van der Waals surface area contributed by atoms with Crippen molar-refractivity contribution < 1.29 is 19.8 Å². The molecule has 0 bridgehead atoms. The molecule has 3 N–H and O–H groups in total. The van der Waals surface area contributed by atoms with E-state index in [0.717, 1.165) is 12.8 Å². The van der Waals surface area contributed by atoms with E-state index in [9.17, 15) is 9.59 Å². The van der Waals surface area contributed by atoms with Gasteiger partial charge in [-0.1, -0.05) is 11.6 Å². The van der Waals surface area contributed by atoms with Crippen molar-refractivity contribution in [1.82, 2.24) is 9.88 Å². The summed E-state index contributed by atoms with van der Waals surface area (Å²) in [6.07, 6.45) is 3.63. The Kier molecular flexibility index (Phi) is 4.11. The second-order valence-corrected chi connectivity index (χ2v) is 5.00. The Morgan fingerprint density at radius 2 is 2.21 bits per heavy atom. The first-order valence-corrected chi connectivity index (χ1v) is 6.42. The minimum Gasteiger partial charge on any atom is -0.480 e. The van der Waals surface area contributed by atoms with E-state index in [4.69, 9.17) is 21.8 Å². The number of aromatic nitrogens is 1. The summed E-state index contributed by atoms with van der Waals surface area (Å²) in [5.41, 5.74) is 0.358. The lowest BCUT2D eigenvalue weighted by Gasteiger charge is -2.14. The lowest BCUT2D eigenvalue weighted by atomic mass is 10.2. The van der Waals surface area contributed by atoms with Crippen LogP contribution in [0.1, 0.15) is 35.8 Å². The number of carbonyl (C=O) groups is 2. The Labute approximate surface area is 115 Å². The molecule has 1 amide bonds. The summed E-state index contributed by atoms with van der Waals surface area (Å²) >= 11 is 5.88. The molecular formula is C12H15ClN2O4. The molecule has 1 saturated carbocycles. The van der Waals surface area contributed by atoms with Crippen molar-refractivity contribution in [3.05, 3.63) is 23.0 Å². The monoisotopic (exact) mass is 286 g/mol. The third kappa shape index (κ3) is 3.27. The van der Waals surface area contributed by atoms with Gasteiger partial charge in [0.1, 0.15) is 11.7 Å². The fraction of sp³-hybridized carbons (Fsp3) is 0.500. The van der Waals surface area contributed by atoms with Gasteiger partial charge in [0.05, 0.1) is 5.02 Å². The molecule has 1 aliphatic rings. The van der Waals surface area contributed by atoms with Crippen molar-refractivity contribution in [2.75, 3.05) is 6.61 Å². The van der Waals surface area contributed by atoms with Crippen molar-refractivity contribution >= 4 is 23.5 Å². The quantitative estimate of drug-likeness (QED) is 0.729. The van der Waals surface area contributed by atoms with Gasteiger partial charge in [0.2, 0.25) is 0 Å². The smallest absolute Gasteiger partial charge is 0.326 e. The highest BCUT2D eigenvalue weighted by Gasteiger charge is 2.29. The highest BCUT2D eigenvalue weighted by atomic mass is 35.5. The number of aliphatic hydroxyl groups excluding tert-OH is 1. The molecule has 0 saturated heterocycles. The number of aliphatic hydroxyl groups is 1. The van der Waals surface area contributed by atoms with Crippen molar-refractivity contribution in [1.29, 1.82) is 0 Å². The average Bonchev–Trinajstić information content (AvgIpc) is 3.11. The van der Waals surface area contributed by atoms with Gasteiger partial charge in [-0.25, -0.2) is 4.79 Å². The molecule has 6 nitrogen and oxygen atoms in total. The Balaban J connectivity index is 2.12. The fourth-order valence-electron chi connectivity index (χ4n) is 1.90. The van der Waals surface area contributed by atoms with E-state index < -0.39 is 17.9 Å². The Morgan fingerprint density at radius 1 is 1.53 bits per heavy atom. The summed E-state index contributed by atoms with van der Waals surface area (Å²) in [6, 6.07) is 0.695. The summed E-state index contributed by atoms with van der Waals surface area (Å²) < 4.78 is 1.77. The normalized spacial score (nSPS) is 16.1. The fourth-order valence-corrected chi connectivity index (χ4v) is 2.11. The zero-order chi connectivity index (χ0) is 14.0. The van der Waals surface area contributed by atoms with Crippen molar-refractivity contribution in [3.63, 3.8) is 0 Å². The molecule has 1 aliphatic carbocycles. The van der Waals surface area contributed by atoms with Gasteiger partial charge in [-0.3, -0.25) is 4.79 Å². The van der Waals surface area contributed by atoms with Crippen LogP contribution in [0.2, 0.25) is 5.02 Å². The largest absolute Gasteiger partial charge is 0.480 e. The van der Waals surface area contributed by atoms with Crippen LogP contribution in [0.3, 0.4) is 0 Å². The zero-order valence-electron chi connectivity index (χ0n) is 10.2. The van der Waals surface area contributed by atoms with Crippen LogP contribution in [0.25, 0.3) is 0 Å². The Bertz CT molecular complexity index is 496. The highest BCUT2D eigenvalue weighted by molar-refractivity contribution is 6.31. The molecule has 104 valence electrons. The van der Waals surface area contributed by atoms with Crippen LogP contribution in [-0.4, -0.2) is 39.3 Å². The molecule has 19 heavy (non-hydrogen) atoms. The Hall–Kier alpha value is -1.53. The van der Waals surface area contributed by atoms with Crippen molar-refractivity contribution in [2.24, 2.45) is 0 Å². The van der Waals surface area contributed by atoms with Crippen LogP contribution in [0.5, 0.6) is 0 Å². The molecule has 1 heterocycles. The third-order valence-corrected chi connectivity index (χ3v) is 3.22. The highest BCUT2D eigenvalue weighted by Crippen LogP contribution is 2.37. The number of hydrogen-bond donors (Lipinski definition) is 3. The average molecular weight is 287 g/mol. The van der Waals surface area contributed by atoms with Crippen LogP contribution in [0.15, 0.2) is 12.3 Å². The van der Waals surface area contributed by atoms with E-state index in [1.165, 1.54) is 6.07 Å². The number of amides is 1. The summed E-state index contributed by atoms with van der Waals surface area (Å²) in [7, 11) is 0. The minimum atomic E-state index is -1.17. The third-order valence-electron chi connectivity index (χ3n) is 3.01. The Morgan fingerprint density at radius 3 is 2.74 bits per heavy atom. The molecule has 1 aromatic heterocycles. The predicted molar refractivity (Wildman–Crippen MR) is 68.3 cm³/mol. The maximum absolute atomic E-state index is 12.1. The number of rotatable bonds is 6. The van der Waals surface area contributed by atoms with Gasteiger partial charge in [0.25, 0.3) is 5.91 Å². The van der Waals surface area contributed by atoms with Crippen LogP contribution in [0, 0.1) is 0 Å². The molecule has 0 aromatic carbocycles. The maximum atomic E-state index is 12.1. The van der Waals surface area contributed by atoms with E-state index in [0.29, 0.717) is 10.7 Å². The van der Waals surface area contributed by atoms with Gasteiger partial charge in [0.15, 0.2) is 0 Å². The molecule has 1 fully saturated rings. The van der Waals surface area contributed by atoms with Crippen LogP contribution in [0.4, 0.5) is 0 Å². The second kappa shape index (κ2) is 5.63. The first-order chi connectivity index (χ1) is 9.02. The lowest BCUT2D eigenvalue weighted by Crippen LogP contribution is -2.42. The standard InChI is InChI=1S/C12H15ClN2O4/c13-7-5-10(15(6-7)8-1-2-8)11(17)14-9(3-4-16)12(18)19/h5-6,8-9,16H,1-4H2,(H,14,17)(H,18,19)/t9-/m1/s1. The number of halogens is 1. The summed E-state index contributed by atoms with van der Waals surface area (Å²) in [6.45, 7) is -0.304. The molecule has 0 unspecified atom stereocenters. The molecule has 1 aromatic rings. The van der Waals surface area contributed by atoms with Gasteiger partial charge >= 0.3 is 5.97 Å². The van der Waals surface area contributed by atoms with E-state index in [1.54, 1.807) is 10.8 Å².